The Morgan fingerprint density at radius 3 is 2.62 bits per heavy atom. The molecule has 0 bridgehead atoms. The van der Waals surface area contributed by atoms with E-state index in [1.54, 1.807) is 68.4 Å². The highest BCUT2D eigenvalue weighted by molar-refractivity contribution is 8.00. The third-order valence-electron chi connectivity index (χ3n) is 3.77. The zero-order chi connectivity index (χ0) is 19.3. The first-order valence-electron chi connectivity index (χ1n) is 7.90. The van der Waals surface area contributed by atoms with Crippen LogP contribution >= 0.6 is 23.4 Å². The molecule has 2 aromatic carbocycles. The maximum absolute atomic E-state index is 12.9. The molecule has 0 aliphatic rings. The van der Waals surface area contributed by atoms with E-state index in [2.05, 4.69) is 0 Å². The zero-order valence-electron chi connectivity index (χ0n) is 14.7. The predicted octanol–water partition coefficient (Wildman–Crippen LogP) is 4.19. The normalized spacial score (nSPS) is 11.7. The molecule has 0 spiro atoms. The largest absolute Gasteiger partial charge is 0.496 e. The second-order valence-electron chi connectivity index (χ2n) is 5.71. The number of hydrogen-bond acceptors (Lipinski definition) is 4. The summed E-state index contributed by atoms with van der Waals surface area (Å²) < 4.78 is 5.32. The minimum atomic E-state index is -0.922. The first-order valence-corrected chi connectivity index (χ1v) is 9.15. The summed E-state index contributed by atoms with van der Waals surface area (Å²) in [6, 6.07) is 12.2. The van der Waals surface area contributed by atoms with Gasteiger partial charge in [-0.2, -0.15) is 0 Å². The minimum Gasteiger partial charge on any atom is -0.496 e. The van der Waals surface area contributed by atoms with Crippen LogP contribution < -0.4 is 4.74 Å². The van der Waals surface area contributed by atoms with Crippen molar-refractivity contribution in [1.82, 2.24) is 4.90 Å². The maximum Gasteiger partial charge on any atom is 0.316 e. The van der Waals surface area contributed by atoms with E-state index in [-0.39, 0.29) is 5.91 Å². The number of hydrogen-bond donors (Lipinski definition) is 1. The molecule has 0 aromatic heterocycles. The van der Waals surface area contributed by atoms with Gasteiger partial charge in [0.25, 0.3) is 5.91 Å². The molecule has 2 rings (SSSR count). The second kappa shape index (κ2) is 8.96. The van der Waals surface area contributed by atoms with E-state index in [1.807, 2.05) is 0 Å². The fraction of sp³-hybridized carbons (Fsp3) is 0.263. The highest BCUT2D eigenvalue weighted by Gasteiger charge is 2.20. The van der Waals surface area contributed by atoms with Gasteiger partial charge in [-0.1, -0.05) is 23.7 Å². The number of aliphatic carboxylic acids is 1. The van der Waals surface area contributed by atoms with Gasteiger partial charge in [0, 0.05) is 29.1 Å². The van der Waals surface area contributed by atoms with Crippen molar-refractivity contribution in [1.29, 1.82) is 0 Å². The summed E-state index contributed by atoms with van der Waals surface area (Å²) in [7, 11) is 3.25. The van der Waals surface area contributed by atoms with Crippen molar-refractivity contribution in [3.63, 3.8) is 0 Å². The number of carbonyl (C=O) groups excluding carboxylic acids is 1. The van der Waals surface area contributed by atoms with Gasteiger partial charge in [0.15, 0.2) is 0 Å². The second-order valence-corrected chi connectivity index (χ2v) is 7.53. The summed E-state index contributed by atoms with van der Waals surface area (Å²) in [5.41, 5.74) is 1.26. The van der Waals surface area contributed by atoms with E-state index in [0.717, 1.165) is 17.3 Å². The fourth-order valence-corrected chi connectivity index (χ4v) is 3.51. The van der Waals surface area contributed by atoms with Gasteiger partial charge in [0.1, 0.15) is 11.0 Å². The van der Waals surface area contributed by atoms with Crippen molar-refractivity contribution in [3.8, 4) is 5.75 Å². The van der Waals surface area contributed by atoms with Crippen molar-refractivity contribution in [2.45, 2.75) is 23.6 Å². The van der Waals surface area contributed by atoms with Gasteiger partial charge >= 0.3 is 5.97 Å². The lowest BCUT2D eigenvalue weighted by Crippen LogP contribution is -2.27. The first kappa shape index (κ1) is 20.1. The molecule has 2 aromatic rings. The SMILES string of the molecule is COc1ccc(Cl)cc1CN(C)C(=O)c1ccccc1SC(C)C(=O)O. The molecule has 26 heavy (non-hydrogen) atoms. The van der Waals surface area contributed by atoms with Crippen LogP contribution in [0.15, 0.2) is 47.4 Å². The molecule has 1 atom stereocenters. The molecule has 0 fully saturated rings. The number of nitrogens with zero attached hydrogens (tertiary/aromatic N) is 1. The summed E-state index contributed by atoms with van der Waals surface area (Å²) in [5, 5.41) is 9.03. The standard InChI is InChI=1S/C19H20ClNO4S/c1-12(19(23)24)26-17-7-5-4-6-15(17)18(22)21(2)11-13-10-14(20)8-9-16(13)25-3/h4-10,12H,11H2,1-3H3,(H,23,24). The summed E-state index contributed by atoms with van der Waals surface area (Å²) >= 11 is 7.20. The van der Waals surface area contributed by atoms with Crippen LogP contribution in [-0.2, 0) is 11.3 Å². The topological polar surface area (TPSA) is 66.8 Å². The number of halogens is 1. The van der Waals surface area contributed by atoms with Crippen LogP contribution in [0.4, 0.5) is 0 Å². The molecular formula is C19H20ClNO4S. The number of thioether (sulfide) groups is 1. The van der Waals surface area contributed by atoms with Crippen molar-refractivity contribution in [2.75, 3.05) is 14.2 Å². The third kappa shape index (κ3) is 4.93. The highest BCUT2D eigenvalue weighted by Crippen LogP contribution is 2.29. The Bertz CT molecular complexity index is 812. The lowest BCUT2D eigenvalue weighted by molar-refractivity contribution is -0.136. The summed E-state index contributed by atoms with van der Waals surface area (Å²) in [4.78, 5) is 26.2. The smallest absolute Gasteiger partial charge is 0.316 e. The van der Waals surface area contributed by atoms with Crippen LogP contribution in [0.2, 0.25) is 5.02 Å². The van der Waals surface area contributed by atoms with Gasteiger partial charge in [-0.15, -0.1) is 11.8 Å². The summed E-state index contributed by atoms with van der Waals surface area (Å²) in [6.07, 6.45) is 0. The van der Waals surface area contributed by atoms with Crippen molar-refractivity contribution >= 4 is 35.2 Å². The van der Waals surface area contributed by atoms with Crippen LogP contribution in [-0.4, -0.2) is 41.3 Å². The van der Waals surface area contributed by atoms with Crippen molar-refractivity contribution < 1.29 is 19.4 Å². The van der Waals surface area contributed by atoms with Gasteiger partial charge in [0.05, 0.1) is 12.7 Å². The maximum atomic E-state index is 12.9. The molecule has 0 saturated heterocycles. The Balaban J connectivity index is 2.24. The number of ether oxygens (including phenoxy) is 1. The Labute approximate surface area is 161 Å². The zero-order valence-corrected chi connectivity index (χ0v) is 16.3. The molecule has 5 nitrogen and oxygen atoms in total. The van der Waals surface area contributed by atoms with Crippen LogP contribution in [0.3, 0.4) is 0 Å². The van der Waals surface area contributed by atoms with Crippen LogP contribution in [0, 0.1) is 0 Å². The number of amides is 1. The Morgan fingerprint density at radius 1 is 1.27 bits per heavy atom. The molecule has 0 radical (unpaired) electrons. The minimum absolute atomic E-state index is 0.201. The quantitative estimate of drug-likeness (QED) is 0.714. The van der Waals surface area contributed by atoms with E-state index in [9.17, 15) is 9.59 Å². The third-order valence-corrected chi connectivity index (χ3v) is 5.17. The molecule has 1 amide bonds. The average Bonchev–Trinajstić information content (AvgIpc) is 2.61. The van der Waals surface area contributed by atoms with Gasteiger partial charge < -0.3 is 14.7 Å². The molecular weight excluding hydrogens is 374 g/mol. The molecule has 0 heterocycles. The van der Waals surface area contributed by atoms with E-state index in [4.69, 9.17) is 21.4 Å². The summed E-state index contributed by atoms with van der Waals surface area (Å²) in [6.45, 7) is 1.91. The lowest BCUT2D eigenvalue weighted by Gasteiger charge is -2.21. The fourth-order valence-electron chi connectivity index (χ4n) is 2.39. The number of benzene rings is 2. The number of carboxylic acid groups (broad SMARTS) is 1. The lowest BCUT2D eigenvalue weighted by atomic mass is 10.1. The molecule has 138 valence electrons. The van der Waals surface area contributed by atoms with Gasteiger partial charge in [-0.3, -0.25) is 9.59 Å². The number of carboxylic acids is 1. The average molecular weight is 394 g/mol. The first-order chi connectivity index (χ1) is 12.3. The van der Waals surface area contributed by atoms with Crippen LogP contribution in [0.25, 0.3) is 0 Å². The number of rotatable bonds is 7. The van der Waals surface area contributed by atoms with Gasteiger partial charge in [0.2, 0.25) is 0 Å². The Morgan fingerprint density at radius 2 is 1.96 bits per heavy atom. The van der Waals surface area contributed by atoms with E-state index < -0.39 is 11.2 Å². The Hall–Kier alpha value is -2.18. The van der Waals surface area contributed by atoms with Crippen LogP contribution in [0.1, 0.15) is 22.8 Å². The molecule has 7 heteroatoms. The number of carbonyl (C=O) groups is 2. The van der Waals surface area contributed by atoms with E-state index in [1.165, 1.54) is 0 Å². The molecule has 0 saturated carbocycles. The summed E-state index contributed by atoms with van der Waals surface area (Å²) in [5.74, 6) is -0.474. The monoisotopic (exact) mass is 393 g/mol. The van der Waals surface area contributed by atoms with Gasteiger partial charge in [-0.25, -0.2) is 0 Å². The van der Waals surface area contributed by atoms with E-state index in [0.29, 0.717) is 27.8 Å². The molecule has 0 aliphatic carbocycles. The van der Waals surface area contributed by atoms with E-state index >= 15 is 0 Å². The highest BCUT2D eigenvalue weighted by atomic mass is 35.5. The van der Waals surface area contributed by atoms with Crippen molar-refractivity contribution in [3.05, 3.63) is 58.6 Å². The van der Waals surface area contributed by atoms with Crippen LogP contribution in [0.5, 0.6) is 5.75 Å². The van der Waals surface area contributed by atoms with Crippen molar-refractivity contribution in [2.24, 2.45) is 0 Å². The Kier molecular flexibility index (Phi) is 6.94. The molecule has 0 aliphatic heterocycles. The van der Waals surface area contributed by atoms with Gasteiger partial charge in [-0.05, 0) is 37.3 Å². The molecule has 1 N–H and O–H groups in total. The molecule has 1 unspecified atom stereocenters. The predicted molar refractivity (Wildman–Crippen MR) is 103 cm³/mol. The number of methoxy groups -OCH3 is 1.